The second-order valence-corrected chi connectivity index (χ2v) is 1.02. The largest absolute Gasteiger partial charge is 3.00 e. The molecule has 0 spiro atoms. The minimum absolute atomic E-state index is 0. The molecule has 0 aliphatic carbocycles. The molecule has 0 bridgehead atoms. The first-order valence-electron chi connectivity index (χ1n) is 2.38. The summed E-state index contributed by atoms with van der Waals surface area (Å²) in [6, 6.07) is 0. The van der Waals surface area contributed by atoms with Crippen LogP contribution in [0.25, 0.3) is 0 Å². The fourth-order valence-corrected chi connectivity index (χ4v) is 0. The molecule has 15 heteroatoms. The average Bonchev–Trinajstić information content (AvgIpc) is 2.19. The molecule has 103 valence electrons. The molecule has 0 fully saturated rings. The van der Waals surface area contributed by atoms with Crippen LogP contribution in [0, 0.1) is 0 Å². The summed E-state index contributed by atoms with van der Waals surface area (Å²) in [7, 11) is 0. The number of hydrogen-bond acceptors (Lipinski definition) is 12. The van der Waals surface area contributed by atoms with Crippen molar-refractivity contribution in [3.8, 4) is 0 Å². The Morgan fingerprint density at radius 3 is 0.778 bits per heavy atom. The molecule has 0 unspecified atom stereocenters. The third-order valence-electron chi connectivity index (χ3n) is 0.224. The number of carbonyl (C=O) groups is 3. The Labute approximate surface area is 132 Å². The molecular weight excluding hydrogens is 384 g/mol. The molecule has 3 N–H and O–H groups in total. The van der Waals surface area contributed by atoms with Crippen LogP contribution in [0.15, 0.2) is 0 Å². The molecule has 0 atom stereocenters. The van der Waals surface area contributed by atoms with Gasteiger partial charge in [-0.3, -0.25) is 15.8 Å². The topological polar surface area (TPSA) is 209 Å². The predicted molar refractivity (Wildman–Crippen MR) is 33.1 cm³/mol. The van der Waals surface area contributed by atoms with Gasteiger partial charge in [0.05, 0.1) is 0 Å². The fraction of sp³-hybridized carbons (Fsp3) is 0. The number of rotatable bonds is 0. The Bertz CT molecular complexity index is 166. The molecule has 1 radical (unpaired) electrons. The third kappa shape index (κ3) is 110. The Morgan fingerprint density at radius 2 is 0.778 bits per heavy atom. The SMILES string of the molecule is O=C([O-])OO.O=C([O-])OO.O=C([O-])OO.[Al+3].[Cu].[Zn]. The van der Waals surface area contributed by atoms with E-state index < -0.39 is 18.5 Å². The maximum Gasteiger partial charge on any atom is 3.00 e. The van der Waals surface area contributed by atoms with E-state index in [2.05, 4.69) is 14.7 Å². The van der Waals surface area contributed by atoms with Crippen molar-refractivity contribution < 1.29 is 96.7 Å². The Kier molecular flexibility index (Phi) is 59.8. The van der Waals surface area contributed by atoms with Crippen molar-refractivity contribution >= 4 is 35.8 Å². The normalized spacial score (nSPS) is 5.50. The number of carboxylic acid groups (broad SMARTS) is 3. The monoisotopic (exact) mass is 385 g/mol. The molecule has 0 rings (SSSR count). The number of hydrogen-bond donors (Lipinski definition) is 3. The zero-order valence-corrected chi connectivity index (χ0v) is 13.2. The van der Waals surface area contributed by atoms with Crippen molar-refractivity contribution in [1.29, 1.82) is 0 Å². The van der Waals surface area contributed by atoms with E-state index in [0.29, 0.717) is 0 Å². The summed E-state index contributed by atoms with van der Waals surface area (Å²) >= 11 is 0. The first-order chi connectivity index (χ1) is 6.81. The van der Waals surface area contributed by atoms with Crippen LogP contribution < -0.4 is 15.3 Å². The summed E-state index contributed by atoms with van der Waals surface area (Å²) in [6.07, 6.45) is -5.82. The van der Waals surface area contributed by atoms with E-state index in [4.69, 9.17) is 45.5 Å². The molecule has 18 heavy (non-hydrogen) atoms. The third-order valence-corrected chi connectivity index (χ3v) is 0.224. The minimum Gasteiger partial charge on any atom is -0.424 e. The van der Waals surface area contributed by atoms with Crippen LogP contribution in [0.3, 0.4) is 0 Å². The van der Waals surface area contributed by atoms with Crippen LogP contribution in [0.2, 0.25) is 0 Å². The fourth-order valence-electron chi connectivity index (χ4n) is 0. The predicted octanol–water partition coefficient (Wildman–Crippen LogP) is -3.93. The van der Waals surface area contributed by atoms with Crippen LogP contribution in [-0.2, 0) is 51.2 Å². The van der Waals surface area contributed by atoms with Gasteiger partial charge in [-0.15, -0.1) is 0 Å². The molecule has 0 saturated carbocycles. The Hall–Kier alpha value is -0.635. The molecule has 0 amide bonds. The van der Waals surface area contributed by atoms with Gasteiger partial charge in [0, 0.05) is 36.5 Å². The molecule has 0 aliphatic rings. The van der Waals surface area contributed by atoms with Crippen LogP contribution in [0.4, 0.5) is 14.4 Å². The zero-order chi connectivity index (χ0) is 12.9. The molecule has 12 nitrogen and oxygen atoms in total. The molecular formula is C3H3AlCuO12Zn. The van der Waals surface area contributed by atoms with E-state index in [1.807, 2.05) is 0 Å². The van der Waals surface area contributed by atoms with Crippen LogP contribution in [-0.4, -0.2) is 51.6 Å². The molecule has 0 aliphatic heterocycles. The van der Waals surface area contributed by atoms with Crippen LogP contribution >= 0.6 is 0 Å². The van der Waals surface area contributed by atoms with E-state index in [1.165, 1.54) is 0 Å². The maximum atomic E-state index is 8.78. The van der Waals surface area contributed by atoms with Gasteiger partial charge < -0.3 is 44.4 Å². The van der Waals surface area contributed by atoms with Crippen molar-refractivity contribution in [1.82, 2.24) is 0 Å². The molecule has 0 aromatic rings. The van der Waals surface area contributed by atoms with Gasteiger partial charge in [0.1, 0.15) is 0 Å². The average molecular weight is 387 g/mol. The summed E-state index contributed by atoms with van der Waals surface area (Å²) in [5.41, 5.74) is 0. The van der Waals surface area contributed by atoms with Gasteiger partial charge in [0.15, 0.2) is 0 Å². The van der Waals surface area contributed by atoms with Crippen LogP contribution in [0.1, 0.15) is 0 Å². The van der Waals surface area contributed by atoms with Gasteiger partial charge in [-0.2, -0.15) is 0 Å². The molecule has 0 aromatic carbocycles. The quantitative estimate of drug-likeness (QED) is 0.158. The van der Waals surface area contributed by atoms with Gasteiger partial charge in [-0.25, -0.2) is 0 Å². The Morgan fingerprint density at radius 1 is 0.722 bits per heavy atom. The summed E-state index contributed by atoms with van der Waals surface area (Å²) in [5.74, 6) is 0. The van der Waals surface area contributed by atoms with Gasteiger partial charge in [0.2, 0.25) is 0 Å². The second kappa shape index (κ2) is 29.9. The van der Waals surface area contributed by atoms with Gasteiger partial charge in [-0.1, -0.05) is 0 Å². The summed E-state index contributed by atoms with van der Waals surface area (Å²) in [5, 5.41) is 47.3. The number of carbonyl (C=O) groups excluding carboxylic acids is 3. The minimum atomic E-state index is -1.94. The first kappa shape index (κ1) is 36.0. The maximum absolute atomic E-state index is 8.78. The van der Waals surface area contributed by atoms with Gasteiger partial charge >= 0.3 is 17.4 Å². The van der Waals surface area contributed by atoms with Gasteiger partial charge in [-0.05, 0) is 0 Å². The van der Waals surface area contributed by atoms with E-state index in [0.717, 1.165) is 0 Å². The zero-order valence-electron chi connectivity index (χ0n) is 8.10. The summed E-state index contributed by atoms with van der Waals surface area (Å²) in [4.78, 5) is 34.0. The standard InChI is InChI=1S/3CH2O4.Al.Cu.Zn/c3*2-1(3)5-4;;;/h3*4H,(H,2,3);;;/q;;;+3;;/p-3. The van der Waals surface area contributed by atoms with Crippen molar-refractivity contribution in [2.24, 2.45) is 0 Å². The van der Waals surface area contributed by atoms with E-state index >= 15 is 0 Å². The first-order valence-corrected chi connectivity index (χ1v) is 2.38. The smallest absolute Gasteiger partial charge is 0.424 e. The van der Waals surface area contributed by atoms with Crippen molar-refractivity contribution in [3.63, 3.8) is 0 Å². The second-order valence-electron chi connectivity index (χ2n) is 1.02. The summed E-state index contributed by atoms with van der Waals surface area (Å²) < 4.78 is 0. The van der Waals surface area contributed by atoms with Crippen LogP contribution in [0.5, 0.6) is 0 Å². The van der Waals surface area contributed by atoms with Crippen molar-refractivity contribution in [2.75, 3.05) is 0 Å². The van der Waals surface area contributed by atoms with Crippen molar-refractivity contribution in [3.05, 3.63) is 0 Å². The van der Waals surface area contributed by atoms with Crippen molar-refractivity contribution in [2.45, 2.75) is 0 Å². The van der Waals surface area contributed by atoms with E-state index in [1.54, 1.807) is 0 Å². The molecule has 0 heterocycles. The Balaban J connectivity index is -0.0000000277. The summed E-state index contributed by atoms with van der Waals surface area (Å²) in [6.45, 7) is 0. The van der Waals surface area contributed by atoms with Gasteiger partial charge in [0.25, 0.3) is 18.5 Å². The molecule has 0 saturated heterocycles. The van der Waals surface area contributed by atoms with E-state index in [-0.39, 0.29) is 53.9 Å². The molecule has 0 aromatic heterocycles. The van der Waals surface area contributed by atoms with E-state index in [9.17, 15) is 0 Å².